The molecule has 0 spiro atoms. The van der Waals surface area contributed by atoms with Crippen molar-refractivity contribution in [1.82, 2.24) is 14.6 Å². The van der Waals surface area contributed by atoms with E-state index in [4.69, 9.17) is 4.74 Å². The summed E-state index contributed by atoms with van der Waals surface area (Å²) in [5, 5.41) is 3.22. The molecule has 1 aliphatic heterocycles. The molecule has 2 amide bonds. The van der Waals surface area contributed by atoms with Crippen molar-refractivity contribution >= 4 is 23.9 Å². The molecule has 7 heteroatoms. The van der Waals surface area contributed by atoms with Crippen molar-refractivity contribution in [2.24, 2.45) is 0 Å². The van der Waals surface area contributed by atoms with Gasteiger partial charge in [-0.15, -0.1) is 0 Å². The van der Waals surface area contributed by atoms with Crippen molar-refractivity contribution in [3.8, 4) is 5.69 Å². The first-order valence-corrected chi connectivity index (χ1v) is 12.2. The predicted octanol–water partition coefficient (Wildman–Crippen LogP) is 4.84. The van der Waals surface area contributed by atoms with E-state index in [2.05, 4.69) is 18.4 Å². The van der Waals surface area contributed by atoms with E-state index in [1.165, 1.54) is 0 Å². The second-order valence-corrected chi connectivity index (χ2v) is 8.55. The monoisotopic (exact) mass is 465 g/mol. The number of ether oxygens (including phenoxy) is 1. The van der Waals surface area contributed by atoms with Gasteiger partial charge in [-0.05, 0) is 75.6 Å². The molecule has 0 radical (unpaired) electrons. The van der Waals surface area contributed by atoms with E-state index in [1.54, 1.807) is 35.2 Å². The van der Waals surface area contributed by atoms with Gasteiger partial charge in [-0.3, -0.25) is 9.59 Å². The lowest BCUT2D eigenvalue weighted by Crippen LogP contribution is -2.42. The van der Waals surface area contributed by atoms with Gasteiger partial charge in [0, 0.05) is 30.2 Å². The topological polar surface area (TPSA) is 71.9 Å². The molecule has 1 aromatic carbocycles. The van der Waals surface area contributed by atoms with Crippen LogP contribution in [0.4, 0.5) is 0 Å². The number of nitrogens with zero attached hydrogens (tertiary/aromatic N) is 3. The molecule has 1 fully saturated rings. The van der Waals surface area contributed by atoms with Gasteiger partial charge in [-0.1, -0.05) is 26.7 Å². The van der Waals surface area contributed by atoms with Crippen LogP contribution in [0.25, 0.3) is 11.8 Å². The van der Waals surface area contributed by atoms with E-state index < -0.39 is 0 Å². The molecule has 2 aromatic rings. The van der Waals surface area contributed by atoms with Crippen molar-refractivity contribution < 1.29 is 19.1 Å². The fourth-order valence-electron chi connectivity index (χ4n) is 4.22. The van der Waals surface area contributed by atoms with Crippen LogP contribution >= 0.6 is 0 Å². The number of benzene rings is 1. The summed E-state index contributed by atoms with van der Waals surface area (Å²) in [5.41, 5.74) is 4.32. The van der Waals surface area contributed by atoms with Crippen LogP contribution in [-0.4, -0.2) is 52.1 Å². The van der Waals surface area contributed by atoms with Gasteiger partial charge in [-0.2, -0.15) is 0 Å². The van der Waals surface area contributed by atoms with Crippen LogP contribution in [0.5, 0.6) is 0 Å². The van der Waals surface area contributed by atoms with E-state index in [-0.39, 0.29) is 23.4 Å². The number of amides is 2. The lowest BCUT2D eigenvalue weighted by atomic mass is 10.1. The molecule has 7 nitrogen and oxygen atoms in total. The Morgan fingerprint density at radius 1 is 0.912 bits per heavy atom. The van der Waals surface area contributed by atoms with Crippen molar-refractivity contribution in [3.05, 3.63) is 58.4 Å². The third-order valence-corrected chi connectivity index (χ3v) is 6.07. The minimum absolute atomic E-state index is 0.213. The highest BCUT2D eigenvalue weighted by molar-refractivity contribution is 6.25. The molecule has 0 unspecified atom stereocenters. The van der Waals surface area contributed by atoms with E-state index in [1.807, 2.05) is 32.0 Å². The maximum Gasteiger partial charge on any atom is 0.338 e. The average molecular weight is 466 g/mol. The Morgan fingerprint density at radius 2 is 1.47 bits per heavy atom. The number of hydrogen-bond acceptors (Lipinski definition) is 4. The van der Waals surface area contributed by atoms with Crippen LogP contribution in [0.15, 0.2) is 35.9 Å². The Kier molecular flexibility index (Phi) is 8.31. The van der Waals surface area contributed by atoms with E-state index in [9.17, 15) is 14.4 Å². The minimum Gasteiger partial charge on any atom is -0.462 e. The fraction of sp³-hybridized carbons (Fsp3) is 0.444. The Bertz CT molecular complexity index is 1050. The number of carbonyl (C=O) groups excluding carboxylic acids is 3. The third kappa shape index (κ3) is 5.08. The largest absolute Gasteiger partial charge is 0.462 e. The van der Waals surface area contributed by atoms with Crippen molar-refractivity contribution in [2.75, 3.05) is 19.7 Å². The van der Waals surface area contributed by atoms with E-state index >= 15 is 0 Å². The first-order chi connectivity index (χ1) is 16.3. The number of esters is 1. The summed E-state index contributed by atoms with van der Waals surface area (Å²) >= 11 is 0. The zero-order chi connectivity index (χ0) is 24.8. The molecule has 0 atom stereocenters. The molecule has 0 bridgehead atoms. The Hall–Kier alpha value is -3.35. The number of hydrogen-bond donors (Lipinski definition) is 0. The molecule has 34 heavy (non-hydrogen) atoms. The maximum atomic E-state index is 13.2. The predicted molar refractivity (Wildman–Crippen MR) is 132 cm³/mol. The van der Waals surface area contributed by atoms with Crippen LogP contribution in [0.2, 0.25) is 0 Å². The first-order valence-electron chi connectivity index (χ1n) is 12.2. The van der Waals surface area contributed by atoms with Crippen LogP contribution in [0, 0.1) is 13.8 Å². The zero-order valence-corrected chi connectivity index (χ0v) is 20.9. The lowest BCUT2D eigenvalue weighted by Gasteiger charge is -2.27. The maximum absolute atomic E-state index is 13.2. The smallest absolute Gasteiger partial charge is 0.338 e. The highest BCUT2D eigenvalue weighted by Gasteiger charge is 2.40. The van der Waals surface area contributed by atoms with Gasteiger partial charge in [0.15, 0.2) is 0 Å². The number of aryl methyl sites for hydroxylation is 1. The van der Waals surface area contributed by atoms with Gasteiger partial charge in [0.25, 0.3) is 11.8 Å². The first kappa shape index (κ1) is 25.3. The fourth-order valence-corrected chi connectivity index (χ4v) is 4.22. The van der Waals surface area contributed by atoms with Crippen LogP contribution < -0.4 is 0 Å². The van der Waals surface area contributed by atoms with Gasteiger partial charge in [-0.25, -0.2) is 14.8 Å². The summed E-state index contributed by atoms with van der Waals surface area (Å²) in [7, 11) is 0. The molecule has 1 aliphatic rings. The summed E-state index contributed by atoms with van der Waals surface area (Å²) < 4.78 is 7.11. The quantitative estimate of drug-likeness (QED) is 0.286. The summed E-state index contributed by atoms with van der Waals surface area (Å²) in [5.74, 6) is -0.796. The average Bonchev–Trinajstić information content (AvgIpc) is 3.23. The molecular formula is C27H35N3O4. The van der Waals surface area contributed by atoms with E-state index in [0.717, 1.165) is 48.3 Å². The Morgan fingerprint density at radius 3 is 1.97 bits per heavy atom. The molecule has 1 saturated heterocycles. The summed E-state index contributed by atoms with van der Waals surface area (Å²) in [6.45, 7) is 11.3. The molecule has 0 N–H and O–H groups in total. The highest BCUT2D eigenvalue weighted by atomic mass is 16.5. The number of aromatic nitrogens is 1. The number of carbonyl (C=O) groups is 3. The normalized spacial score (nSPS) is 13.7. The molecule has 1 aromatic heterocycles. The third-order valence-electron chi connectivity index (χ3n) is 6.07. The Labute approximate surface area is 202 Å². The van der Waals surface area contributed by atoms with Gasteiger partial charge in [0.1, 0.15) is 5.57 Å². The van der Waals surface area contributed by atoms with Crippen molar-refractivity contribution in [3.63, 3.8) is 0 Å². The number of unbranched alkanes of at least 4 members (excludes halogenated alkanes) is 2. The number of rotatable bonds is 10. The SMILES string of the molecule is CCCCN1C(=O)C(=Cc2cc(C)n(-c3ccc(C(=O)OCC)cc3)c2C)C(=O)N1CCCC. The van der Waals surface area contributed by atoms with E-state index in [0.29, 0.717) is 25.3 Å². The zero-order valence-electron chi connectivity index (χ0n) is 20.9. The Balaban J connectivity index is 1.93. The van der Waals surface area contributed by atoms with Gasteiger partial charge >= 0.3 is 5.97 Å². The molecular weight excluding hydrogens is 430 g/mol. The van der Waals surface area contributed by atoms with Crippen LogP contribution in [0.1, 0.15) is 73.8 Å². The summed E-state index contributed by atoms with van der Waals surface area (Å²) in [6.07, 6.45) is 5.33. The lowest BCUT2D eigenvalue weighted by molar-refractivity contribution is -0.147. The van der Waals surface area contributed by atoms with Gasteiger partial charge in [0.05, 0.1) is 12.2 Å². The minimum atomic E-state index is -0.348. The summed E-state index contributed by atoms with van der Waals surface area (Å²) in [6, 6.07) is 9.20. The molecule has 0 aliphatic carbocycles. The van der Waals surface area contributed by atoms with Crippen LogP contribution in [0.3, 0.4) is 0 Å². The van der Waals surface area contributed by atoms with Crippen molar-refractivity contribution in [1.29, 1.82) is 0 Å². The molecule has 3 rings (SSSR count). The molecule has 0 saturated carbocycles. The molecule has 2 heterocycles. The van der Waals surface area contributed by atoms with Crippen LogP contribution in [-0.2, 0) is 14.3 Å². The van der Waals surface area contributed by atoms with Crippen molar-refractivity contribution in [2.45, 2.75) is 60.3 Å². The standard InChI is InChI=1S/C27H35N3O4/c1-6-9-15-28-25(31)24(26(32)29(28)16-10-7-2)18-22-17-19(4)30(20(22)5)23-13-11-21(12-14-23)27(33)34-8-3/h11-14,17-18H,6-10,15-16H2,1-5H3. The highest BCUT2D eigenvalue weighted by Crippen LogP contribution is 2.27. The number of hydrazine groups is 1. The van der Waals surface area contributed by atoms with Gasteiger partial charge < -0.3 is 9.30 Å². The second kappa shape index (κ2) is 11.2. The van der Waals surface area contributed by atoms with Gasteiger partial charge in [0.2, 0.25) is 0 Å². The summed E-state index contributed by atoms with van der Waals surface area (Å²) in [4.78, 5) is 38.3. The molecule has 182 valence electrons. The second-order valence-electron chi connectivity index (χ2n) is 8.55.